The highest BCUT2D eigenvalue weighted by Crippen LogP contribution is 2.40. The number of hydrogen-bond acceptors (Lipinski definition) is 2. The van der Waals surface area contributed by atoms with Gasteiger partial charge in [-0.05, 0) is 51.4 Å². The predicted octanol–water partition coefficient (Wildman–Crippen LogP) is 4.30. The summed E-state index contributed by atoms with van der Waals surface area (Å²) in [5.74, 6) is 1.54. The van der Waals surface area contributed by atoms with E-state index in [0.717, 1.165) is 11.8 Å². The number of aromatic nitrogens is 1. The minimum absolute atomic E-state index is 0.771. The van der Waals surface area contributed by atoms with Crippen LogP contribution >= 0.6 is 11.3 Å². The Bertz CT molecular complexity index is 345. The first-order valence-corrected chi connectivity index (χ1v) is 6.62. The minimum atomic E-state index is 0.771. The van der Waals surface area contributed by atoms with Gasteiger partial charge >= 0.3 is 0 Å². The van der Waals surface area contributed by atoms with Crippen LogP contribution in [0, 0.1) is 12.8 Å². The third-order valence-electron chi connectivity index (χ3n) is 3.58. The highest BCUT2D eigenvalue weighted by Gasteiger charge is 2.24. The van der Waals surface area contributed by atoms with Crippen LogP contribution in [-0.4, -0.2) is 4.98 Å². The lowest BCUT2D eigenvalue weighted by Crippen LogP contribution is -2.13. The molecule has 2 heteroatoms. The van der Waals surface area contributed by atoms with Crippen molar-refractivity contribution in [1.82, 2.24) is 4.98 Å². The summed E-state index contributed by atoms with van der Waals surface area (Å²) in [6.07, 6.45) is 5.27. The van der Waals surface area contributed by atoms with E-state index >= 15 is 0 Å². The molecule has 0 radical (unpaired) electrons. The third-order valence-corrected chi connectivity index (χ3v) is 4.67. The van der Waals surface area contributed by atoms with E-state index in [0.29, 0.717) is 0 Å². The van der Waals surface area contributed by atoms with Crippen molar-refractivity contribution in [2.75, 3.05) is 0 Å². The average molecular weight is 221 g/mol. The first-order chi connectivity index (χ1) is 7.18. The molecule has 1 nitrogen and oxygen atoms in total. The SMILES string of the molecule is C=C(C)C1CCC(c2scnc2C)CC1. The molecule has 1 aliphatic carbocycles. The Morgan fingerprint density at radius 2 is 2.07 bits per heavy atom. The normalized spacial score (nSPS) is 26.5. The Morgan fingerprint density at radius 3 is 2.53 bits per heavy atom. The molecule has 0 saturated heterocycles. The molecule has 0 unspecified atom stereocenters. The molecule has 0 bridgehead atoms. The number of allylic oxidation sites excluding steroid dienone is 1. The molecular weight excluding hydrogens is 202 g/mol. The molecule has 0 amide bonds. The molecular formula is C13H19NS. The number of hydrogen-bond donors (Lipinski definition) is 0. The molecule has 2 rings (SSSR count). The Hall–Kier alpha value is -0.630. The second-order valence-electron chi connectivity index (χ2n) is 4.70. The molecule has 82 valence electrons. The third kappa shape index (κ3) is 2.31. The van der Waals surface area contributed by atoms with Gasteiger partial charge in [-0.15, -0.1) is 11.3 Å². The quantitative estimate of drug-likeness (QED) is 0.678. The van der Waals surface area contributed by atoms with Gasteiger partial charge in [-0.2, -0.15) is 0 Å². The second kappa shape index (κ2) is 4.48. The summed E-state index contributed by atoms with van der Waals surface area (Å²) in [5, 5.41) is 0. The lowest BCUT2D eigenvalue weighted by Gasteiger charge is -2.28. The molecule has 1 aromatic heterocycles. The molecule has 1 heterocycles. The van der Waals surface area contributed by atoms with Crippen LogP contribution in [0.2, 0.25) is 0 Å². The molecule has 0 atom stereocenters. The van der Waals surface area contributed by atoms with Gasteiger partial charge in [0.05, 0.1) is 11.2 Å². The van der Waals surface area contributed by atoms with E-state index in [-0.39, 0.29) is 0 Å². The van der Waals surface area contributed by atoms with Crippen molar-refractivity contribution in [3.63, 3.8) is 0 Å². The van der Waals surface area contributed by atoms with Gasteiger partial charge in [0.25, 0.3) is 0 Å². The molecule has 0 N–H and O–H groups in total. The van der Waals surface area contributed by atoms with Gasteiger partial charge in [0.1, 0.15) is 0 Å². The Morgan fingerprint density at radius 1 is 1.40 bits per heavy atom. The van der Waals surface area contributed by atoms with E-state index in [1.165, 1.54) is 41.8 Å². The van der Waals surface area contributed by atoms with Crippen LogP contribution in [0.15, 0.2) is 17.7 Å². The van der Waals surface area contributed by atoms with Gasteiger partial charge in [0.15, 0.2) is 0 Å². The summed E-state index contributed by atoms with van der Waals surface area (Å²) in [7, 11) is 0. The van der Waals surface area contributed by atoms with Crippen molar-refractivity contribution in [2.24, 2.45) is 5.92 Å². The maximum Gasteiger partial charge on any atom is 0.0797 e. The number of rotatable bonds is 2. The second-order valence-corrected chi connectivity index (χ2v) is 5.58. The smallest absolute Gasteiger partial charge is 0.0797 e. The summed E-state index contributed by atoms with van der Waals surface area (Å²) in [5.41, 5.74) is 4.60. The van der Waals surface area contributed by atoms with Crippen molar-refractivity contribution in [1.29, 1.82) is 0 Å². The van der Waals surface area contributed by atoms with Crippen LogP contribution < -0.4 is 0 Å². The summed E-state index contributed by atoms with van der Waals surface area (Å²) in [6, 6.07) is 0. The van der Waals surface area contributed by atoms with Crippen LogP contribution in [0.5, 0.6) is 0 Å². The highest BCUT2D eigenvalue weighted by molar-refractivity contribution is 7.09. The first-order valence-electron chi connectivity index (χ1n) is 5.74. The summed E-state index contributed by atoms with van der Waals surface area (Å²) in [4.78, 5) is 5.87. The van der Waals surface area contributed by atoms with E-state index in [2.05, 4.69) is 25.4 Å². The fourth-order valence-corrected chi connectivity index (χ4v) is 3.53. The van der Waals surface area contributed by atoms with Gasteiger partial charge in [-0.1, -0.05) is 12.2 Å². The van der Waals surface area contributed by atoms with Crippen LogP contribution in [-0.2, 0) is 0 Å². The summed E-state index contributed by atoms with van der Waals surface area (Å²) < 4.78 is 0. The molecule has 0 spiro atoms. The lowest BCUT2D eigenvalue weighted by molar-refractivity contribution is 0.365. The zero-order chi connectivity index (χ0) is 10.8. The van der Waals surface area contributed by atoms with E-state index in [4.69, 9.17) is 0 Å². The standard InChI is InChI=1S/C13H19NS/c1-9(2)11-4-6-12(7-5-11)13-10(3)14-8-15-13/h8,11-12H,1,4-7H2,2-3H3. The zero-order valence-electron chi connectivity index (χ0n) is 9.62. The average Bonchev–Trinajstić information content (AvgIpc) is 2.65. The van der Waals surface area contributed by atoms with Crippen molar-refractivity contribution in [2.45, 2.75) is 45.4 Å². The molecule has 1 fully saturated rings. The number of nitrogens with zero attached hydrogens (tertiary/aromatic N) is 1. The van der Waals surface area contributed by atoms with Crippen LogP contribution in [0.25, 0.3) is 0 Å². The fraction of sp³-hybridized carbons (Fsp3) is 0.615. The van der Waals surface area contributed by atoms with Gasteiger partial charge in [-0.25, -0.2) is 4.98 Å². The maximum absolute atomic E-state index is 4.35. The Labute approximate surface area is 96.2 Å². The minimum Gasteiger partial charge on any atom is -0.250 e. The monoisotopic (exact) mass is 221 g/mol. The molecule has 1 saturated carbocycles. The van der Waals surface area contributed by atoms with Crippen molar-refractivity contribution >= 4 is 11.3 Å². The summed E-state index contributed by atoms with van der Waals surface area (Å²) >= 11 is 1.83. The van der Waals surface area contributed by atoms with Gasteiger partial charge in [-0.3, -0.25) is 0 Å². The largest absolute Gasteiger partial charge is 0.250 e. The van der Waals surface area contributed by atoms with E-state index in [1.54, 1.807) is 0 Å². The van der Waals surface area contributed by atoms with Gasteiger partial charge in [0, 0.05) is 4.88 Å². The van der Waals surface area contributed by atoms with Gasteiger partial charge in [0.2, 0.25) is 0 Å². The molecule has 1 aromatic rings. The topological polar surface area (TPSA) is 12.9 Å². The lowest BCUT2D eigenvalue weighted by atomic mass is 9.78. The highest BCUT2D eigenvalue weighted by atomic mass is 32.1. The number of aryl methyl sites for hydroxylation is 1. The van der Waals surface area contributed by atoms with Crippen molar-refractivity contribution in [3.05, 3.63) is 28.2 Å². The van der Waals surface area contributed by atoms with Crippen LogP contribution in [0.4, 0.5) is 0 Å². The summed E-state index contributed by atoms with van der Waals surface area (Å²) in [6.45, 7) is 8.38. The predicted molar refractivity (Wildman–Crippen MR) is 66.4 cm³/mol. The van der Waals surface area contributed by atoms with Crippen LogP contribution in [0.1, 0.15) is 49.1 Å². The maximum atomic E-state index is 4.35. The molecule has 0 aliphatic heterocycles. The van der Waals surface area contributed by atoms with Crippen molar-refractivity contribution in [3.8, 4) is 0 Å². The Balaban J connectivity index is 2.00. The van der Waals surface area contributed by atoms with Crippen molar-refractivity contribution < 1.29 is 0 Å². The molecule has 0 aromatic carbocycles. The fourth-order valence-electron chi connectivity index (χ4n) is 2.55. The Kier molecular flexibility index (Phi) is 3.25. The number of thiazole rings is 1. The first kappa shape index (κ1) is 10.9. The zero-order valence-corrected chi connectivity index (χ0v) is 10.4. The van der Waals surface area contributed by atoms with Crippen LogP contribution in [0.3, 0.4) is 0 Å². The van der Waals surface area contributed by atoms with E-state index < -0.39 is 0 Å². The van der Waals surface area contributed by atoms with Gasteiger partial charge < -0.3 is 0 Å². The molecule has 1 aliphatic rings. The van der Waals surface area contributed by atoms with E-state index in [1.807, 2.05) is 16.8 Å². The van der Waals surface area contributed by atoms with E-state index in [9.17, 15) is 0 Å². The molecule has 15 heavy (non-hydrogen) atoms.